The predicted molar refractivity (Wildman–Crippen MR) is 139 cm³/mol. The molecule has 1 aliphatic rings. The van der Waals surface area contributed by atoms with Crippen LogP contribution in [0.4, 0.5) is 16.2 Å². The number of benzene rings is 2. The fraction of sp³-hybridized carbons (Fsp3) is 0.357. The Morgan fingerprint density at radius 1 is 1.03 bits per heavy atom. The number of urea groups is 1. The van der Waals surface area contributed by atoms with E-state index in [2.05, 4.69) is 27.4 Å². The summed E-state index contributed by atoms with van der Waals surface area (Å²) in [6.07, 6.45) is 0. The molecule has 4 rings (SSSR count). The third-order valence-corrected chi connectivity index (χ3v) is 5.89. The molecule has 8 nitrogen and oxygen atoms in total. The molecule has 2 aromatic carbocycles. The van der Waals surface area contributed by atoms with Gasteiger partial charge in [-0.3, -0.25) is 4.90 Å². The average molecular weight is 490 g/mol. The summed E-state index contributed by atoms with van der Waals surface area (Å²) >= 11 is 0. The van der Waals surface area contributed by atoms with Crippen molar-refractivity contribution < 1.29 is 23.5 Å². The van der Waals surface area contributed by atoms with Gasteiger partial charge in [0.2, 0.25) is 5.76 Å². The van der Waals surface area contributed by atoms with Gasteiger partial charge in [-0.25, -0.2) is 9.59 Å². The molecule has 1 fully saturated rings. The van der Waals surface area contributed by atoms with Crippen molar-refractivity contribution in [3.05, 3.63) is 59.5 Å². The lowest BCUT2D eigenvalue weighted by Crippen LogP contribution is -2.36. The summed E-state index contributed by atoms with van der Waals surface area (Å²) in [6.45, 7) is 9.80. The van der Waals surface area contributed by atoms with Gasteiger partial charge in [0.1, 0.15) is 5.76 Å². The lowest BCUT2D eigenvalue weighted by atomic mass is 9.93. The molecule has 0 radical (unpaired) electrons. The van der Waals surface area contributed by atoms with Gasteiger partial charge in [-0.15, -0.1) is 0 Å². The van der Waals surface area contributed by atoms with Crippen LogP contribution in [-0.2, 0) is 14.9 Å². The normalized spacial score (nSPS) is 14.1. The zero-order valence-corrected chi connectivity index (χ0v) is 21.1. The molecular weight excluding hydrogens is 458 g/mol. The van der Waals surface area contributed by atoms with E-state index < -0.39 is 12.0 Å². The van der Waals surface area contributed by atoms with Crippen LogP contribution < -0.4 is 10.6 Å². The number of esters is 1. The molecule has 0 saturated carbocycles. The van der Waals surface area contributed by atoms with Gasteiger partial charge in [-0.2, -0.15) is 0 Å². The van der Waals surface area contributed by atoms with Crippen LogP contribution in [0, 0.1) is 11.8 Å². The van der Waals surface area contributed by atoms with Gasteiger partial charge in [-0.1, -0.05) is 56.9 Å². The van der Waals surface area contributed by atoms with Gasteiger partial charge in [0, 0.05) is 35.5 Å². The first kappa shape index (κ1) is 25.3. The largest absolute Gasteiger partial charge is 0.463 e. The number of amides is 2. The Balaban J connectivity index is 1.54. The van der Waals surface area contributed by atoms with E-state index in [1.807, 2.05) is 57.2 Å². The molecule has 188 valence electrons. The number of furan rings is 1. The van der Waals surface area contributed by atoms with Gasteiger partial charge >= 0.3 is 12.0 Å². The molecule has 1 aliphatic heterocycles. The number of carbonyl (C=O) groups is 2. The summed E-state index contributed by atoms with van der Waals surface area (Å²) in [6, 6.07) is 12.7. The van der Waals surface area contributed by atoms with E-state index in [-0.39, 0.29) is 16.9 Å². The van der Waals surface area contributed by atoms with E-state index in [4.69, 9.17) is 13.9 Å². The number of hydrogen-bond acceptors (Lipinski definition) is 6. The number of nitrogens with zero attached hydrogens (tertiary/aromatic N) is 1. The topological polar surface area (TPSA) is 93.0 Å². The summed E-state index contributed by atoms with van der Waals surface area (Å²) in [5.41, 5.74) is 1.41. The van der Waals surface area contributed by atoms with Crippen LogP contribution in [0.15, 0.2) is 46.9 Å². The maximum atomic E-state index is 12.9. The van der Waals surface area contributed by atoms with Gasteiger partial charge in [0.25, 0.3) is 0 Å². The van der Waals surface area contributed by atoms with E-state index in [1.54, 1.807) is 6.07 Å². The molecular formula is C28H31N3O5. The first-order chi connectivity index (χ1) is 17.3. The van der Waals surface area contributed by atoms with Gasteiger partial charge in [0.15, 0.2) is 0 Å². The Morgan fingerprint density at radius 2 is 1.72 bits per heavy atom. The minimum Gasteiger partial charge on any atom is -0.463 e. The first-order valence-electron chi connectivity index (χ1n) is 11.9. The lowest BCUT2D eigenvalue weighted by molar-refractivity contribution is 0.0443. The monoisotopic (exact) mass is 489 g/mol. The number of anilines is 2. The van der Waals surface area contributed by atoms with Crippen molar-refractivity contribution in [3.63, 3.8) is 0 Å². The Bertz CT molecular complexity index is 1320. The molecule has 0 atom stereocenters. The molecule has 8 heteroatoms. The molecule has 1 saturated heterocycles. The lowest BCUT2D eigenvalue weighted by Gasteiger charge is -2.24. The summed E-state index contributed by atoms with van der Waals surface area (Å²) < 4.78 is 15.9. The Labute approximate surface area is 210 Å². The van der Waals surface area contributed by atoms with Crippen molar-refractivity contribution >= 4 is 34.1 Å². The Morgan fingerprint density at radius 3 is 2.42 bits per heavy atom. The van der Waals surface area contributed by atoms with E-state index >= 15 is 0 Å². The zero-order chi connectivity index (χ0) is 25.7. The second-order valence-electron chi connectivity index (χ2n) is 9.57. The van der Waals surface area contributed by atoms with E-state index in [1.165, 1.54) is 7.11 Å². The van der Waals surface area contributed by atoms with Crippen molar-refractivity contribution in [2.24, 2.45) is 0 Å². The Hall–Kier alpha value is -3.80. The third-order valence-electron chi connectivity index (χ3n) is 5.89. The maximum absolute atomic E-state index is 12.9. The number of fused-ring (bicyclic) bond motifs is 1. The van der Waals surface area contributed by atoms with Crippen LogP contribution in [0.25, 0.3) is 10.8 Å². The number of ether oxygens (including phenoxy) is 2. The molecule has 1 aromatic heterocycles. The molecule has 2 amide bonds. The van der Waals surface area contributed by atoms with Crippen molar-refractivity contribution in [2.45, 2.75) is 26.2 Å². The first-order valence-corrected chi connectivity index (χ1v) is 11.9. The number of methoxy groups -OCH3 is 1. The van der Waals surface area contributed by atoms with Gasteiger partial charge in [0.05, 0.1) is 38.2 Å². The number of carbonyl (C=O) groups excluding carboxylic acids is 2. The molecule has 2 N–H and O–H groups in total. The molecule has 36 heavy (non-hydrogen) atoms. The maximum Gasteiger partial charge on any atom is 0.376 e. The van der Waals surface area contributed by atoms with E-state index in [0.29, 0.717) is 18.0 Å². The second kappa shape index (κ2) is 10.9. The van der Waals surface area contributed by atoms with Crippen LogP contribution >= 0.6 is 0 Å². The fourth-order valence-corrected chi connectivity index (χ4v) is 3.90. The van der Waals surface area contributed by atoms with Crippen molar-refractivity contribution in [1.29, 1.82) is 0 Å². The number of hydrogen-bond donors (Lipinski definition) is 2. The highest BCUT2D eigenvalue weighted by molar-refractivity contribution is 6.09. The van der Waals surface area contributed by atoms with Crippen molar-refractivity contribution in [2.75, 3.05) is 50.6 Å². The molecule has 0 unspecified atom stereocenters. The van der Waals surface area contributed by atoms with Crippen LogP contribution in [0.5, 0.6) is 0 Å². The van der Waals surface area contributed by atoms with Crippen LogP contribution in [0.2, 0.25) is 0 Å². The minimum absolute atomic E-state index is 0.0478. The summed E-state index contributed by atoms with van der Waals surface area (Å²) in [4.78, 5) is 27.4. The number of nitrogens with one attached hydrogen (secondary N) is 2. The number of rotatable bonds is 4. The van der Waals surface area contributed by atoms with Crippen LogP contribution in [-0.4, -0.2) is 56.9 Å². The SMILES string of the molecule is COC(=O)c1oc(C(C)(C)C)cc1NC(=O)Nc1ccc(C#CCN2CCOCC2)c2ccccc12. The third kappa shape index (κ3) is 5.88. The molecule has 0 bridgehead atoms. The van der Waals surface area contributed by atoms with Crippen LogP contribution in [0.3, 0.4) is 0 Å². The van der Waals surface area contributed by atoms with E-state index in [0.717, 1.165) is 42.6 Å². The molecule has 2 heterocycles. The summed E-state index contributed by atoms with van der Waals surface area (Å²) in [5.74, 6) is 6.38. The minimum atomic E-state index is -0.661. The predicted octanol–water partition coefficient (Wildman–Crippen LogP) is 4.84. The highest BCUT2D eigenvalue weighted by Gasteiger charge is 2.26. The highest BCUT2D eigenvalue weighted by atomic mass is 16.5. The van der Waals surface area contributed by atoms with E-state index in [9.17, 15) is 9.59 Å². The molecule has 0 aliphatic carbocycles. The fourth-order valence-electron chi connectivity index (χ4n) is 3.90. The van der Waals surface area contributed by atoms with Crippen molar-refractivity contribution in [3.8, 4) is 11.8 Å². The van der Waals surface area contributed by atoms with Crippen molar-refractivity contribution in [1.82, 2.24) is 4.90 Å². The molecule has 0 spiro atoms. The smallest absolute Gasteiger partial charge is 0.376 e. The van der Waals surface area contributed by atoms with Gasteiger partial charge < -0.3 is 24.5 Å². The highest BCUT2D eigenvalue weighted by Crippen LogP contribution is 2.31. The molecule has 3 aromatic rings. The Kier molecular flexibility index (Phi) is 7.63. The second-order valence-corrected chi connectivity index (χ2v) is 9.57. The standard InChI is InChI=1S/C28H31N3O5/c1-28(2,3)24-18-23(25(36-24)26(32)34-4)30-27(33)29-22-12-11-19(20-9-5-6-10-21(20)22)8-7-13-31-14-16-35-17-15-31/h5-6,9-12,18H,13-17H2,1-4H3,(H2,29,30,33). The average Bonchev–Trinajstić information content (AvgIpc) is 3.29. The number of morpholine rings is 1. The quantitative estimate of drug-likeness (QED) is 0.402. The zero-order valence-electron chi connectivity index (χ0n) is 21.1. The summed E-state index contributed by atoms with van der Waals surface area (Å²) in [7, 11) is 1.27. The van der Waals surface area contributed by atoms with Crippen LogP contribution in [0.1, 0.15) is 42.6 Å². The summed E-state index contributed by atoms with van der Waals surface area (Å²) in [5, 5.41) is 7.42. The van der Waals surface area contributed by atoms with Gasteiger partial charge in [-0.05, 0) is 17.5 Å².